The smallest absolute Gasteiger partial charge is 0.260 e. The molecule has 130 valence electrons. The van der Waals surface area contributed by atoms with Crippen LogP contribution < -0.4 is 5.56 Å². The van der Waals surface area contributed by atoms with Gasteiger partial charge in [0.05, 0.1) is 10.9 Å². The van der Waals surface area contributed by atoms with Crippen LogP contribution in [0.2, 0.25) is 4.34 Å². The van der Waals surface area contributed by atoms with E-state index < -0.39 is 17.2 Å². The van der Waals surface area contributed by atoms with Crippen LogP contribution in [0.15, 0.2) is 53.3 Å². The Morgan fingerprint density at radius 3 is 2.38 bits per heavy atom. The van der Waals surface area contributed by atoms with E-state index in [0.717, 1.165) is 23.5 Å². The average molecular weight is 390 g/mol. The van der Waals surface area contributed by atoms with Gasteiger partial charge in [0.25, 0.3) is 5.56 Å². The summed E-state index contributed by atoms with van der Waals surface area (Å²) in [4.78, 5) is 15.5. The van der Waals surface area contributed by atoms with Crippen molar-refractivity contribution in [1.29, 1.82) is 0 Å². The topological polar surface area (TPSA) is 53.1 Å². The zero-order valence-corrected chi connectivity index (χ0v) is 14.6. The Bertz CT molecular complexity index is 1200. The van der Waals surface area contributed by atoms with Crippen LogP contribution in [0, 0.1) is 11.6 Å². The predicted molar refractivity (Wildman–Crippen MR) is 99.9 cm³/mol. The Labute approximate surface area is 155 Å². The second kappa shape index (κ2) is 6.23. The Morgan fingerprint density at radius 2 is 1.69 bits per heavy atom. The summed E-state index contributed by atoms with van der Waals surface area (Å²) in [5, 5.41) is 11.1. The van der Waals surface area contributed by atoms with E-state index in [9.17, 15) is 18.7 Å². The Morgan fingerprint density at radius 1 is 0.962 bits per heavy atom. The number of aromatic nitrogens is 1. The lowest BCUT2D eigenvalue weighted by molar-refractivity contribution is 0.483. The summed E-state index contributed by atoms with van der Waals surface area (Å²) in [5.41, 5.74) is 0.817. The molecule has 0 spiro atoms. The van der Waals surface area contributed by atoms with Gasteiger partial charge in [-0.3, -0.25) is 4.79 Å². The van der Waals surface area contributed by atoms with Crippen LogP contribution in [-0.4, -0.2) is 10.1 Å². The summed E-state index contributed by atoms with van der Waals surface area (Å²) >= 11 is 7.34. The molecule has 0 atom stereocenters. The molecule has 0 amide bonds. The van der Waals surface area contributed by atoms with E-state index in [1.807, 2.05) is 0 Å². The number of thiophene rings is 1. The van der Waals surface area contributed by atoms with Gasteiger partial charge >= 0.3 is 0 Å². The van der Waals surface area contributed by atoms with E-state index >= 15 is 0 Å². The van der Waals surface area contributed by atoms with Crippen molar-refractivity contribution in [1.82, 2.24) is 4.98 Å². The largest absolute Gasteiger partial charge is 0.506 e. The number of aromatic amines is 1. The molecule has 4 rings (SSSR count). The minimum absolute atomic E-state index is 0.0939. The van der Waals surface area contributed by atoms with Crippen molar-refractivity contribution in [2.45, 2.75) is 0 Å². The summed E-state index contributed by atoms with van der Waals surface area (Å²) in [6.07, 6.45) is 0. The lowest BCUT2D eigenvalue weighted by Gasteiger charge is -2.08. The molecule has 26 heavy (non-hydrogen) atoms. The summed E-state index contributed by atoms with van der Waals surface area (Å²) in [6.45, 7) is 0. The molecule has 0 saturated carbocycles. The van der Waals surface area contributed by atoms with Gasteiger partial charge in [0.15, 0.2) is 11.6 Å². The third-order valence-electron chi connectivity index (χ3n) is 4.06. The molecule has 2 aromatic carbocycles. The van der Waals surface area contributed by atoms with Gasteiger partial charge in [-0.05, 0) is 23.3 Å². The first-order valence-electron chi connectivity index (χ1n) is 7.55. The van der Waals surface area contributed by atoms with Crippen molar-refractivity contribution in [3.05, 3.63) is 74.9 Å². The molecule has 0 aliphatic rings. The standard InChI is InChI=1S/C19H10ClF2NO2S/c20-17-13(10-6-7-11(21)12(22)8-10)15-16(24)14(9-4-2-1-3-5-9)18(25)23-19(15)26-17/h1-8H,(H2,23,24,25). The minimum atomic E-state index is -1.02. The molecule has 0 bridgehead atoms. The lowest BCUT2D eigenvalue weighted by atomic mass is 10.0. The average Bonchev–Trinajstić information content (AvgIpc) is 2.94. The SMILES string of the molecule is O=c1[nH]c2sc(Cl)c(-c3ccc(F)c(F)c3)c2c(O)c1-c1ccccc1. The van der Waals surface area contributed by atoms with Crippen molar-refractivity contribution in [3.63, 3.8) is 0 Å². The maximum absolute atomic E-state index is 13.7. The Kier molecular flexibility index (Phi) is 4.01. The molecular weight excluding hydrogens is 380 g/mol. The maximum Gasteiger partial charge on any atom is 0.260 e. The summed E-state index contributed by atoms with van der Waals surface area (Å²) in [6, 6.07) is 12.0. The molecule has 0 radical (unpaired) electrons. The second-order valence-electron chi connectivity index (χ2n) is 5.63. The number of benzene rings is 2. The molecule has 2 aromatic heterocycles. The molecule has 0 saturated heterocycles. The highest BCUT2D eigenvalue weighted by Crippen LogP contribution is 2.46. The molecule has 0 fully saturated rings. The van der Waals surface area contributed by atoms with E-state index in [0.29, 0.717) is 26.9 Å². The molecular formula is C19H10ClF2NO2S. The van der Waals surface area contributed by atoms with Crippen LogP contribution in [0.1, 0.15) is 0 Å². The fourth-order valence-corrected chi connectivity index (χ4v) is 4.28. The van der Waals surface area contributed by atoms with Crippen LogP contribution in [0.5, 0.6) is 5.75 Å². The lowest BCUT2D eigenvalue weighted by Crippen LogP contribution is -2.08. The van der Waals surface area contributed by atoms with Crippen LogP contribution in [0.4, 0.5) is 8.78 Å². The maximum atomic E-state index is 13.7. The summed E-state index contributed by atoms with van der Waals surface area (Å²) in [5.74, 6) is -2.25. The number of pyridine rings is 1. The Hall–Kier alpha value is -2.70. The van der Waals surface area contributed by atoms with E-state index in [4.69, 9.17) is 11.6 Å². The quantitative estimate of drug-likeness (QED) is 0.471. The third kappa shape index (κ3) is 2.58. The van der Waals surface area contributed by atoms with Crippen LogP contribution >= 0.6 is 22.9 Å². The van der Waals surface area contributed by atoms with E-state index in [1.54, 1.807) is 30.3 Å². The first kappa shape index (κ1) is 16.8. The normalized spacial score (nSPS) is 11.2. The van der Waals surface area contributed by atoms with E-state index in [1.165, 1.54) is 6.07 Å². The van der Waals surface area contributed by atoms with E-state index in [2.05, 4.69) is 4.98 Å². The van der Waals surface area contributed by atoms with E-state index in [-0.39, 0.29) is 15.6 Å². The van der Waals surface area contributed by atoms with Gasteiger partial charge in [0, 0.05) is 5.56 Å². The monoisotopic (exact) mass is 389 g/mol. The molecule has 4 aromatic rings. The first-order chi connectivity index (χ1) is 12.5. The van der Waals surface area contributed by atoms with Crippen molar-refractivity contribution < 1.29 is 13.9 Å². The number of hydrogen-bond acceptors (Lipinski definition) is 3. The molecule has 0 aliphatic heterocycles. The van der Waals surface area contributed by atoms with Crippen molar-refractivity contribution in [3.8, 4) is 28.0 Å². The van der Waals surface area contributed by atoms with Gasteiger partial charge in [-0.15, -0.1) is 11.3 Å². The molecule has 2 heterocycles. The molecule has 7 heteroatoms. The van der Waals surface area contributed by atoms with Crippen LogP contribution in [0.3, 0.4) is 0 Å². The van der Waals surface area contributed by atoms with Gasteiger partial charge < -0.3 is 10.1 Å². The number of fused-ring (bicyclic) bond motifs is 1. The van der Waals surface area contributed by atoms with Crippen LogP contribution in [-0.2, 0) is 0 Å². The highest BCUT2D eigenvalue weighted by molar-refractivity contribution is 7.23. The molecule has 0 unspecified atom stereocenters. The first-order valence-corrected chi connectivity index (χ1v) is 8.75. The van der Waals surface area contributed by atoms with Gasteiger partial charge in [-0.2, -0.15) is 0 Å². The third-order valence-corrected chi connectivity index (χ3v) is 5.38. The van der Waals surface area contributed by atoms with Gasteiger partial charge in [0.1, 0.15) is 14.9 Å². The highest BCUT2D eigenvalue weighted by atomic mass is 35.5. The van der Waals surface area contributed by atoms with Crippen LogP contribution in [0.25, 0.3) is 32.5 Å². The molecule has 0 aliphatic carbocycles. The second-order valence-corrected chi connectivity index (χ2v) is 7.25. The van der Waals surface area contributed by atoms with Gasteiger partial charge in [-0.25, -0.2) is 8.78 Å². The summed E-state index contributed by atoms with van der Waals surface area (Å²) < 4.78 is 27.2. The number of aromatic hydroxyl groups is 1. The number of nitrogens with one attached hydrogen (secondary N) is 1. The number of hydrogen-bond donors (Lipinski definition) is 2. The van der Waals surface area contributed by atoms with Crippen molar-refractivity contribution in [2.75, 3.05) is 0 Å². The van der Waals surface area contributed by atoms with Gasteiger partial charge in [0.2, 0.25) is 0 Å². The molecule has 2 N–H and O–H groups in total. The molecule has 3 nitrogen and oxygen atoms in total. The minimum Gasteiger partial charge on any atom is -0.506 e. The number of H-pyrrole nitrogens is 1. The van der Waals surface area contributed by atoms with Crippen molar-refractivity contribution in [2.24, 2.45) is 0 Å². The highest BCUT2D eigenvalue weighted by Gasteiger charge is 2.22. The fraction of sp³-hybridized carbons (Fsp3) is 0. The number of halogens is 3. The number of rotatable bonds is 2. The Balaban J connectivity index is 2.08. The zero-order valence-electron chi connectivity index (χ0n) is 13.0. The zero-order chi connectivity index (χ0) is 18.4. The van der Waals surface area contributed by atoms with Crippen molar-refractivity contribution >= 4 is 33.2 Å². The predicted octanol–water partition coefficient (Wildman–Crippen LogP) is 5.56. The van der Waals surface area contributed by atoms with Gasteiger partial charge in [-0.1, -0.05) is 48.0 Å². The fourth-order valence-electron chi connectivity index (χ4n) is 2.90. The summed E-state index contributed by atoms with van der Waals surface area (Å²) in [7, 11) is 0.